The lowest BCUT2D eigenvalue weighted by Gasteiger charge is -2.34. The highest BCUT2D eigenvalue weighted by molar-refractivity contribution is 6.31. The molecular weight excluding hydrogens is 396 g/mol. The number of piperidine rings is 1. The molecule has 2 aliphatic heterocycles. The van der Waals surface area contributed by atoms with Gasteiger partial charge in [0, 0.05) is 55.7 Å². The van der Waals surface area contributed by atoms with Gasteiger partial charge in [-0.15, -0.1) is 0 Å². The van der Waals surface area contributed by atoms with Crippen molar-refractivity contribution in [1.82, 2.24) is 9.80 Å². The highest BCUT2D eigenvalue weighted by atomic mass is 35.5. The predicted octanol–water partition coefficient (Wildman–Crippen LogP) is 3.94. The Hall–Kier alpha value is -2.08. The van der Waals surface area contributed by atoms with Gasteiger partial charge in [0.2, 0.25) is 5.91 Å². The molecular formula is C24H31ClN4O. The molecule has 0 bridgehead atoms. The zero-order valence-corrected chi connectivity index (χ0v) is 18.4. The van der Waals surface area contributed by atoms with Gasteiger partial charge in [-0.1, -0.05) is 29.8 Å². The first-order valence-electron chi connectivity index (χ1n) is 10.9. The number of anilines is 2. The van der Waals surface area contributed by atoms with E-state index in [-0.39, 0.29) is 11.8 Å². The molecule has 1 unspecified atom stereocenters. The number of hydrogen-bond acceptors (Lipinski definition) is 4. The highest BCUT2D eigenvalue weighted by Crippen LogP contribution is 2.24. The Morgan fingerprint density at radius 1 is 1.03 bits per heavy atom. The molecule has 1 atom stereocenters. The molecule has 5 nitrogen and oxygen atoms in total. The maximum Gasteiger partial charge on any atom is 0.228 e. The van der Waals surface area contributed by atoms with E-state index < -0.39 is 0 Å². The van der Waals surface area contributed by atoms with Gasteiger partial charge in [0.1, 0.15) is 0 Å². The minimum absolute atomic E-state index is 0.0125. The van der Waals surface area contributed by atoms with Crippen LogP contribution in [-0.2, 0) is 11.3 Å². The van der Waals surface area contributed by atoms with Crippen molar-refractivity contribution in [3.05, 3.63) is 59.1 Å². The topological polar surface area (TPSA) is 38.8 Å². The number of rotatable bonds is 5. The summed E-state index contributed by atoms with van der Waals surface area (Å²) in [6.45, 7) is 6.85. The SMILES string of the molecule is CN1CCN(c2ccc(NC(=O)C3CCCN(Cc4ccccc4Cl)C3)cc2)CC1. The van der Waals surface area contributed by atoms with Gasteiger partial charge in [0.05, 0.1) is 5.92 Å². The summed E-state index contributed by atoms with van der Waals surface area (Å²) in [6, 6.07) is 16.2. The number of benzene rings is 2. The standard InChI is InChI=1S/C24H31ClN4O/c1-27-13-15-29(16-14-27)22-10-8-21(9-11-22)26-24(30)20-6-4-12-28(18-20)17-19-5-2-3-7-23(19)25/h2-3,5,7-11,20H,4,6,12-18H2,1H3,(H,26,30). The molecule has 0 saturated carbocycles. The third-order valence-electron chi connectivity index (χ3n) is 6.23. The molecule has 2 aromatic rings. The monoisotopic (exact) mass is 426 g/mol. The Kier molecular flexibility index (Phi) is 6.93. The van der Waals surface area contributed by atoms with Crippen LogP contribution < -0.4 is 10.2 Å². The third kappa shape index (κ3) is 5.34. The number of nitrogens with one attached hydrogen (secondary N) is 1. The van der Waals surface area contributed by atoms with Crippen LogP contribution in [0.1, 0.15) is 18.4 Å². The lowest BCUT2D eigenvalue weighted by molar-refractivity contribution is -0.121. The van der Waals surface area contributed by atoms with Gasteiger partial charge in [-0.05, 0) is 62.3 Å². The average molecular weight is 427 g/mol. The first kappa shape index (κ1) is 21.2. The maximum absolute atomic E-state index is 12.9. The Morgan fingerprint density at radius 3 is 2.50 bits per heavy atom. The molecule has 1 amide bonds. The second kappa shape index (κ2) is 9.82. The summed E-state index contributed by atoms with van der Waals surface area (Å²) in [7, 11) is 2.16. The normalized spacial score (nSPS) is 20.9. The number of likely N-dealkylation sites (N-methyl/N-ethyl adjacent to an activating group) is 1. The van der Waals surface area contributed by atoms with Crippen LogP contribution in [0.25, 0.3) is 0 Å². The van der Waals surface area contributed by atoms with Gasteiger partial charge in [-0.2, -0.15) is 0 Å². The summed E-state index contributed by atoms with van der Waals surface area (Å²) in [4.78, 5) is 20.0. The molecule has 2 aromatic carbocycles. The van der Waals surface area contributed by atoms with E-state index in [9.17, 15) is 4.79 Å². The summed E-state index contributed by atoms with van der Waals surface area (Å²) in [5.41, 5.74) is 3.23. The van der Waals surface area contributed by atoms with Crippen LogP contribution >= 0.6 is 11.6 Å². The van der Waals surface area contributed by atoms with Crippen molar-refractivity contribution in [1.29, 1.82) is 0 Å². The summed E-state index contributed by atoms with van der Waals surface area (Å²) in [5.74, 6) is 0.129. The zero-order chi connectivity index (χ0) is 20.9. The largest absolute Gasteiger partial charge is 0.369 e. The Labute approximate surface area is 184 Å². The van der Waals surface area contributed by atoms with Crippen LogP contribution in [0.5, 0.6) is 0 Å². The summed E-state index contributed by atoms with van der Waals surface area (Å²) >= 11 is 6.31. The lowest BCUT2D eigenvalue weighted by Crippen LogP contribution is -2.44. The van der Waals surface area contributed by atoms with E-state index in [0.717, 1.165) is 74.9 Å². The van der Waals surface area contributed by atoms with Crippen LogP contribution in [0.2, 0.25) is 5.02 Å². The molecule has 2 aliphatic rings. The number of halogens is 1. The van der Waals surface area contributed by atoms with Gasteiger partial charge in [0.25, 0.3) is 0 Å². The van der Waals surface area contributed by atoms with Crippen molar-refractivity contribution in [2.24, 2.45) is 5.92 Å². The average Bonchev–Trinajstić information content (AvgIpc) is 2.77. The Balaban J connectivity index is 1.31. The first-order valence-corrected chi connectivity index (χ1v) is 11.3. The third-order valence-corrected chi connectivity index (χ3v) is 6.60. The van der Waals surface area contributed by atoms with E-state index >= 15 is 0 Å². The molecule has 2 fully saturated rings. The number of piperazine rings is 1. The Bertz CT molecular complexity index is 849. The first-order chi connectivity index (χ1) is 14.6. The van der Waals surface area contributed by atoms with E-state index in [4.69, 9.17) is 11.6 Å². The molecule has 2 saturated heterocycles. The van der Waals surface area contributed by atoms with Gasteiger partial charge in [0.15, 0.2) is 0 Å². The number of amides is 1. The van der Waals surface area contributed by atoms with Crippen LogP contribution in [0, 0.1) is 5.92 Å². The number of carbonyl (C=O) groups is 1. The van der Waals surface area contributed by atoms with Gasteiger partial charge in [-0.3, -0.25) is 9.69 Å². The zero-order valence-electron chi connectivity index (χ0n) is 17.7. The molecule has 6 heteroatoms. The van der Waals surface area contributed by atoms with Crippen LogP contribution in [0.3, 0.4) is 0 Å². The van der Waals surface area contributed by atoms with Crippen molar-refractivity contribution in [3.8, 4) is 0 Å². The van der Waals surface area contributed by atoms with E-state index in [2.05, 4.69) is 45.3 Å². The quantitative estimate of drug-likeness (QED) is 0.785. The number of carbonyl (C=O) groups excluding carboxylic acids is 1. The van der Waals surface area contributed by atoms with Crippen molar-refractivity contribution in [2.45, 2.75) is 19.4 Å². The minimum atomic E-state index is 0.0125. The molecule has 160 valence electrons. The summed E-state index contributed by atoms with van der Waals surface area (Å²) in [5, 5.41) is 3.92. The molecule has 0 radical (unpaired) electrons. The van der Waals surface area contributed by atoms with E-state index in [1.165, 1.54) is 5.69 Å². The fraction of sp³-hybridized carbons (Fsp3) is 0.458. The lowest BCUT2D eigenvalue weighted by atomic mass is 9.96. The molecule has 1 N–H and O–H groups in total. The fourth-order valence-corrected chi connectivity index (χ4v) is 4.54. The second-order valence-electron chi connectivity index (χ2n) is 8.49. The molecule has 4 rings (SSSR count). The number of nitrogens with zero attached hydrogens (tertiary/aromatic N) is 3. The fourth-order valence-electron chi connectivity index (χ4n) is 4.35. The minimum Gasteiger partial charge on any atom is -0.369 e. The van der Waals surface area contributed by atoms with E-state index in [0.29, 0.717) is 0 Å². The maximum atomic E-state index is 12.9. The molecule has 30 heavy (non-hydrogen) atoms. The van der Waals surface area contributed by atoms with Crippen molar-refractivity contribution >= 4 is 28.9 Å². The van der Waals surface area contributed by atoms with Crippen molar-refractivity contribution in [3.63, 3.8) is 0 Å². The van der Waals surface area contributed by atoms with E-state index in [1.54, 1.807) is 0 Å². The van der Waals surface area contributed by atoms with Gasteiger partial charge in [-0.25, -0.2) is 0 Å². The smallest absolute Gasteiger partial charge is 0.228 e. The van der Waals surface area contributed by atoms with Crippen molar-refractivity contribution in [2.75, 3.05) is 56.5 Å². The second-order valence-corrected chi connectivity index (χ2v) is 8.90. The molecule has 2 heterocycles. The van der Waals surface area contributed by atoms with E-state index in [1.807, 2.05) is 30.3 Å². The van der Waals surface area contributed by atoms with Gasteiger partial charge >= 0.3 is 0 Å². The van der Waals surface area contributed by atoms with Crippen molar-refractivity contribution < 1.29 is 4.79 Å². The van der Waals surface area contributed by atoms with Crippen LogP contribution in [-0.4, -0.2) is 62.0 Å². The number of likely N-dealkylation sites (tertiary alicyclic amines) is 1. The van der Waals surface area contributed by atoms with Gasteiger partial charge < -0.3 is 15.1 Å². The molecule has 0 aromatic heterocycles. The Morgan fingerprint density at radius 2 is 1.77 bits per heavy atom. The predicted molar refractivity (Wildman–Crippen MR) is 124 cm³/mol. The summed E-state index contributed by atoms with van der Waals surface area (Å²) in [6.07, 6.45) is 1.97. The number of hydrogen-bond donors (Lipinski definition) is 1. The molecule has 0 spiro atoms. The molecule has 0 aliphatic carbocycles. The summed E-state index contributed by atoms with van der Waals surface area (Å²) < 4.78 is 0. The highest BCUT2D eigenvalue weighted by Gasteiger charge is 2.26. The van der Waals surface area contributed by atoms with Crippen LogP contribution in [0.15, 0.2) is 48.5 Å². The van der Waals surface area contributed by atoms with Crippen LogP contribution in [0.4, 0.5) is 11.4 Å².